The van der Waals surface area contributed by atoms with E-state index in [1.807, 2.05) is 24.3 Å². The predicted octanol–water partition coefficient (Wildman–Crippen LogP) is 7.08. The van der Waals surface area contributed by atoms with E-state index in [0.717, 1.165) is 22.3 Å². The second kappa shape index (κ2) is 9.95. The molecule has 0 heterocycles. The highest BCUT2D eigenvalue weighted by Gasteiger charge is 2.26. The van der Waals surface area contributed by atoms with Crippen molar-refractivity contribution in [2.24, 2.45) is 0 Å². The van der Waals surface area contributed by atoms with E-state index in [-0.39, 0.29) is 22.7 Å². The first-order valence-corrected chi connectivity index (χ1v) is 11.9. The van der Waals surface area contributed by atoms with Crippen LogP contribution in [0, 0.1) is 0 Å². The zero-order valence-corrected chi connectivity index (χ0v) is 21.7. The third-order valence-corrected chi connectivity index (χ3v) is 5.86. The molecule has 5 heteroatoms. The molecule has 0 fully saturated rings. The van der Waals surface area contributed by atoms with Crippen LogP contribution in [0.5, 0.6) is 5.75 Å². The maximum Gasteiger partial charge on any atom is 0.338 e. The molecule has 0 atom stereocenters. The van der Waals surface area contributed by atoms with Crippen molar-refractivity contribution in [2.75, 3.05) is 11.9 Å². The molecular formula is C30H35NO4. The zero-order chi connectivity index (χ0) is 26.0. The van der Waals surface area contributed by atoms with E-state index in [0.29, 0.717) is 29.2 Å². The summed E-state index contributed by atoms with van der Waals surface area (Å²) in [6.07, 6.45) is 0. The van der Waals surface area contributed by atoms with Crippen LogP contribution in [0.25, 0.3) is 11.1 Å². The number of aromatic hydroxyl groups is 1. The lowest BCUT2D eigenvalue weighted by molar-refractivity contribution is 0.0526. The fourth-order valence-corrected chi connectivity index (χ4v) is 3.87. The van der Waals surface area contributed by atoms with Crippen LogP contribution < -0.4 is 5.32 Å². The Balaban J connectivity index is 1.85. The number of anilines is 1. The maximum atomic E-state index is 12.8. The minimum absolute atomic E-state index is 0.219. The normalized spacial score (nSPS) is 11.7. The fourth-order valence-electron chi connectivity index (χ4n) is 3.87. The average Bonchev–Trinajstić information content (AvgIpc) is 2.78. The smallest absolute Gasteiger partial charge is 0.338 e. The maximum absolute atomic E-state index is 12.8. The molecule has 5 nitrogen and oxygen atoms in total. The molecule has 0 saturated carbocycles. The summed E-state index contributed by atoms with van der Waals surface area (Å²) in [7, 11) is 0. The van der Waals surface area contributed by atoms with Gasteiger partial charge in [0, 0.05) is 22.4 Å². The quantitative estimate of drug-likeness (QED) is 0.388. The van der Waals surface area contributed by atoms with Gasteiger partial charge >= 0.3 is 5.97 Å². The van der Waals surface area contributed by atoms with Crippen LogP contribution in [0.3, 0.4) is 0 Å². The molecule has 0 spiro atoms. The van der Waals surface area contributed by atoms with Crippen LogP contribution in [0.15, 0.2) is 60.7 Å². The molecule has 0 aliphatic carbocycles. The van der Waals surface area contributed by atoms with Gasteiger partial charge in [-0.3, -0.25) is 4.79 Å². The number of rotatable bonds is 5. The molecule has 0 unspecified atom stereocenters. The molecule has 0 bridgehead atoms. The van der Waals surface area contributed by atoms with Crippen molar-refractivity contribution in [3.05, 3.63) is 82.9 Å². The average molecular weight is 474 g/mol. The van der Waals surface area contributed by atoms with Crippen molar-refractivity contribution in [1.82, 2.24) is 0 Å². The first-order chi connectivity index (χ1) is 16.3. The van der Waals surface area contributed by atoms with Crippen molar-refractivity contribution in [3.63, 3.8) is 0 Å². The molecule has 3 aromatic rings. The van der Waals surface area contributed by atoms with E-state index < -0.39 is 0 Å². The number of phenolic OH excluding ortho intramolecular Hbond substituents is 1. The molecular weight excluding hydrogens is 438 g/mol. The van der Waals surface area contributed by atoms with Crippen molar-refractivity contribution >= 4 is 17.6 Å². The molecule has 0 aliphatic rings. The fraction of sp³-hybridized carbons (Fsp3) is 0.333. The van der Waals surface area contributed by atoms with Crippen molar-refractivity contribution in [1.29, 1.82) is 0 Å². The Morgan fingerprint density at radius 1 is 0.771 bits per heavy atom. The summed E-state index contributed by atoms with van der Waals surface area (Å²) in [5.41, 5.74) is 4.87. The summed E-state index contributed by atoms with van der Waals surface area (Å²) in [5, 5.41) is 13.8. The lowest BCUT2D eigenvalue weighted by Gasteiger charge is -2.28. The zero-order valence-electron chi connectivity index (χ0n) is 21.7. The number of carbonyl (C=O) groups is 2. The highest BCUT2D eigenvalue weighted by atomic mass is 16.5. The molecule has 3 aromatic carbocycles. The number of esters is 1. The number of ether oxygens (including phenoxy) is 1. The van der Waals surface area contributed by atoms with Gasteiger partial charge in [-0.25, -0.2) is 4.79 Å². The minimum atomic E-state index is -0.389. The van der Waals surface area contributed by atoms with Crippen molar-refractivity contribution in [3.8, 4) is 16.9 Å². The largest absolute Gasteiger partial charge is 0.507 e. The van der Waals surface area contributed by atoms with Gasteiger partial charge in [0.15, 0.2) is 0 Å². The number of amides is 1. The Labute approximate surface area is 208 Å². The SMILES string of the molecule is CCOC(=O)c1ccc(NC(=O)c2ccc(-c3cc(C(C)(C)C)c(O)c(C(C)(C)C)c3)cc2)cc1. The Hall–Kier alpha value is -3.60. The summed E-state index contributed by atoms with van der Waals surface area (Å²) in [6.45, 7) is 14.6. The molecule has 0 aliphatic heterocycles. The molecule has 184 valence electrons. The predicted molar refractivity (Wildman–Crippen MR) is 141 cm³/mol. The van der Waals surface area contributed by atoms with Crippen LogP contribution in [-0.4, -0.2) is 23.6 Å². The summed E-state index contributed by atoms with van der Waals surface area (Å²) < 4.78 is 4.98. The number of phenols is 1. The lowest BCUT2D eigenvalue weighted by atomic mass is 9.77. The van der Waals surface area contributed by atoms with E-state index in [1.54, 1.807) is 43.3 Å². The summed E-state index contributed by atoms with van der Waals surface area (Å²) >= 11 is 0. The monoisotopic (exact) mass is 473 g/mol. The molecule has 35 heavy (non-hydrogen) atoms. The van der Waals surface area contributed by atoms with Gasteiger partial charge in [0.2, 0.25) is 0 Å². The van der Waals surface area contributed by atoms with E-state index in [4.69, 9.17) is 4.74 Å². The van der Waals surface area contributed by atoms with Gasteiger partial charge in [0.05, 0.1) is 12.2 Å². The molecule has 3 rings (SSSR count). The van der Waals surface area contributed by atoms with Crippen LogP contribution in [0.2, 0.25) is 0 Å². The van der Waals surface area contributed by atoms with Crippen LogP contribution in [-0.2, 0) is 15.6 Å². The third-order valence-electron chi connectivity index (χ3n) is 5.86. The second-order valence-corrected chi connectivity index (χ2v) is 10.7. The summed E-state index contributed by atoms with van der Waals surface area (Å²) in [6, 6.07) is 18.1. The van der Waals surface area contributed by atoms with Crippen molar-refractivity contribution in [2.45, 2.75) is 59.3 Å². The first kappa shape index (κ1) is 26.0. The Bertz CT molecular complexity index is 1180. The van der Waals surface area contributed by atoms with Gasteiger partial charge in [-0.2, -0.15) is 0 Å². The van der Waals surface area contributed by atoms with Gasteiger partial charge in [-0.1, -0.05) is 53.7 Å². The first-order valence-electron chi connectivity index (χ1n) is 11.9. The molecule has 0 saturated heterocycles. The standard InChI is InChI=1S/C30H35NO4/c1-8-35-28(34)21-13-15-23(16-14-21)31-27(33)20-11-9-19(10-12-20)22-17-24(29(2,3)4)26(32)25(18-22)30(5,6)7/h9-18,32H,8H2,1-7H3,(H,31,33). The summed E-state index contributed by atoms with van der Waals surface area (Å²) in [4.78, 5) is 24.6. The second-order valence-electron chi connectivity index (χ2n) is 10.7. The number of hydrogen-bond acceptors (Lipinski definition) is 4. The molecule has 2 N–H and O–H groups in total. The number of hydrogen-bond donors (Lipinski definition) is 2. The van der Waals surface area contributed by atoms with Gasteiger partial charge in [0.25, 0.3) is 5.91 Å². The lowest BCUT2D eigenvalue weighted by Crippen LogP contribution is -2.17. The van der Waals surface area contributed by atoms with E-state index in [9.17, 15) is 14.7 Å². The molecule has 1 amide bonds. The van der Waals surface area contributed by atoms with Gasteiger partial charge in [-0.05, 0) is 77.4 Å². The number of nitrogens with one attached hydrogen (secondary N) is 1. The Kier molecular flexibility index (Phi) is 7.39. The third kappa shape index (κ3) is 6.10. The van der Waals surface area contributed by atoms with Crippen molar-refractivity contribution < 1.29 is 19.4 Å². The number of carbonyl (C=O) groups excluding carboxylic acids is 2. The van der Waals surface area contributed by atoms with Gasteiger partial charge in [-0.15, -0.1) is 0 Å². The summed E-state index contributed by atoms with van der Waals surface area (Å²) in [5.74, 6) is -0.282. The number of benzene rings is 3. The Morgan fingerprint density at radius 2 is 1.26 bits per heavy atom. The Morgan fingerprint density at radius 3 is 1.71 bits per heavy atom. The highest BCUT2D eigenvalue weighted by Crippen LogP contribution is 2.42. The van der Waals surface area contributed by atoms with Crippen LogP contribution in [0.1, 0.15) is 80.3 Å². The molecule has 0 radical (unpaired) electrons. The highest BCUT2D eigenvalue weighted by molar-refractivity contribution is 6.04. The van der Waals surface area contributed by atoms with Crippen LogP contribution >= 0.6 is 0 Å². The van der Waals surface area contributed by atoms with Gasteiger partial charge in [0.1, 0.15) is 5.75 Å². The van der Waals surface area contributed by atoms with Crippen LogP contribution in [0.4, 0.5) is 5.69 Å². The van der Waals surface area contributed by atoms with E-state index in [1.165, 1.54) is 0 Å². The minimum Gasteiger partial charge on any atom is -0.507 e. The van der Waals surface area contributed by atoms with E-state index in [2.05, 4.69) is 46.9 Å². The topological polar surface area (TPSA) is 75.6 Å². The molecule has 0 aromatic heterocycles. The van der Waals surface area contributed by atoms with Gasteiger partial charge < -0.3 is 15.2 Å². The van der Waals surface area contributed by atoms with E-state index >= 15 is 0 Å².